The SMILES string of the molecule is COCCN(CC(=O)N(C)C)C(=O)C(C)(C)N.Cl. The Labute approximate surface area is 115 Å². The van der Waals surface area contributed by atoms with Crippen molar-refractivity contribution in [1.29, 1.82) is 0 Å². The third-order valence-corrected chi connectivity index (χ3v) is 2.23. The number of amides is 2. The molecule has 0 radical (unpaired) electrons. The number of hydrogen-bond donors (Lipinski definition) is 1. The van der Waals surface area contributed by atoms with Crippen molar-refractivity contribution >= 4 is 24.2 Å². The van der Waals surface area contributed by atoms with Crippen LogP contribution in [0.2, 0.25) is 0 Å². The summed E-state index contributed by atoms with van der Waals surface area (Å²) in [5.41, 5.74) is 4.76. The van der Waals surface area contributed by atoms with Gasteiger partial charge in [0.05, 0.1) is 18.7 Å². The minimum Gasteiger partial charge on any atom is -0.383 e. The molecule has 0 aliphatic rings. The van der Waals surface area contributed by atoms with Crippen LogP contribution in [0.4, 0.5) is 0 Å². The second-order valence-electron chi connectivity index (χ2n) is 4.73. The smallest absolute Gasteiger partial charge is 0.242 e. The van der Waals surface area contributed by atoms with Gasteiger partial charge < -0.3 is 20.3 Å². The monoisotopic (exact) mass is 281 g/mol. The van der Waals surface area contributed by atoms with Crippen molar-refractivity contribution in [2.75, 3.05) is 40.9 Å². The molecule has 18 heavy (non-hydrogen) atoms. The highest BCUT2D eigenvalue weighted by Gasteiger charge is 2.29. The molecule has 0 aromatic rings. The average Bonchev–Trinajstić information content (AvgIpc) is 2.21. The molecule has 0 spiro atoms. The molecule has 7 heteroatoms. The van der Waals surface area contributed by atoms with E-state index in [-0.39, 0.29) is 30.8 Å². The largest absolute Gasteiger partial charge is 0.383 e. The molecule has 2 N–H and O–H groups in total. The molecular weight excluding hydrogens is 258 g/mol. The summed E-state index contributed by atoms with van der Waals surface area (Å²) in [4.78, 5) is 26.5. The van der Waals surface area contributed by atoms with Gasteiger partial charge in [-0.2, -0.15) is 0 Å². The molecule has 6 nitrogen and oxygen atoms in total. The van der Waals surface area contributed by atoms with Gasteiger partial charge in [-0.3, -0.25) is 9.59 Å². The van der Waals surface area contributed by atoms with Crippen LogP contribution in [-0.4, -0.2) is 68.1 Å². The fourth-order valence-electron chi connectivity index (χ4n) is 1.17. The van der Waals surface area contributed by atoms with Crippen LogP contribution in [0.5, 0.6) is 0 Å². The molecule has 108 valence electrons. The predicted octanol–water partition coefficient (Wildman–Crippen LogP) is -0.291. The van der Waals surface area contributed by atoms with E-state index < -0.39 is 5.54 Å². The second-order valence-corrected chi connectivity index (χ2v) is 4.73. The van der Waals surface area contributed by atoms with Gasteiger partial charge in [-0.05, 0) is 13.8 Å². The second kappa shape index (κ2) is 8.29. The van der Waals surface area contributed by atoms with E-state index in [4.69, 9.17) is 10.5 Å². The maximum Gasteiger partial charge on any atom is 0.242 e. The fraction of sp³-hybridized carbons (Fsp3) is 0.818. The van der Waals surface area contributed by atoms with Gasteiger partial charge in [0.25, 0.3) is 0 Å². The first-order valence-corrected chi connectivity index (χ1v) is 5.47. The normalized spacial score (nSPS) is 10.6. The van der Waals surface area contributed by atoms with Crippen LogP contribution in [-0.2, 0) is 14.3 Å². The van der Waals surface area contributed by atoms with Gasteiger partial charge in [-0.15, -0.1) is 12.4 Å². The van der Waals surface area contributed by atoms with Gasteiger partial charge in [0.15, 0.2) is 0 Å². The van der Waals surface area contributed by atoms with Crippen LogP contribution in [0, 0.1) is 0 Å². The summed E-state index contributed by atoms with van der Waals surface area (Å²) in [6.07, 6.45) is 0. The first-order valence-electron chi connectivity index (χ1n) is 5.47. The summed E-state index contributed by atoms with van der Waals surface area (Å²) in [5.74, 6) is -0.400. The quantitative estimate of drug-likeness (QED) is 0.726. The van der Waals surface area contributed by atoms with E-state index in [1.54, 1.807) is 35.1 Å². The highest BCUT2D eigenvalue weighted by molar-refractivity contribution is 5.89. The standard InChI is InChI=1S/C11H23N3O3.ClH/c1-11(2,12)10(16)14(6-7-17-5)8-9(15)13(3)4;/h6-8,12H2,1-5H3;1H. The van der Waals surface area contributed by atoms with E-state index in [9.17, 15) is 9.59 Å². The Kier molecular flexibility index (Phi) is 8.97. The Morgan fingerprint density at radius 3 is 2.11 bits per heavy atom. The summed E-state index contributed by atoms with van der Waals surface area (Å²) >= 11 is 0. The van der Waals surface area contributed by atoms with Crippen molar-refractivity contribution < 1.29 is 14.3 Å². The van der Waals surface area contributed by atoms with Crippen LogP contribution < -0.4 is 5.73 Å². The van der Waals surface area contributed by atoms with Gasteiger partial charge in [-0.1, -0.05) is 0 Å². The third-order valence-electron chi connectivity index (χ3n) is 2.23. The highest BCUT2D eigenvalue weighted by Crippen LogP contribution is 2.05. The fourth-order valence-corrected chi connectivity index (χ4v) is 1.17. The summed E-state index contributed by atoms with van der Waals surface area (Å²) in [6, 6.07) is 0. The molecular formula is C11H24ClN3O3. The Hall–Kier alpha value is -0.850. The van der Waals surface area contributed by atoms with Gasteiger partial charge in [0, 0.05) is 27.7 Å². The average molecular weight is 282 g/mol. The first kappa shape index (κ1) is 19.5. The summed E-state index contributed by atoms with van der Waals surface area (Å²) in [7, 11) is 4.84. The number of nitrogens with zero attached hydrogens (tertiary/aromatic N) is 2. The number of nitrogens with two attached hydrogens (primary N) is 1. The lowest BCUT2D eigenvalue weighted by Crippen LogP contribution is -2.54. The molecule has 0 heterocycles. The van der Waals surface area contributed by atoms with Crippen LogP contribution in [0.1, 0.15) is 13.8 Å². The van der Waals surface area contributed by atoms with Gasteiger partial charge in [0.2, 0.25) is 11.8 Å². The zero-order chi connectivity index (χ0) is 13.6. The number of methoxy groups -OCH3 is 1. The number of halogens is 1. The number of rotatable bonds is 6. The van der Waals surface area contributed by atoms with Crippen LogP contribution in [0.15, 0.2) is 0 Å². The molecule has 0 saturated carbocycles. The van der Waals surface area contributed by atoms with Crippen LogP contribution in [0.25, 0.3) is 0 Å². The Morgan fingerprint density at radius 1 is 1.28 bits per heavy atom. The van der Waals surface area contributed by atoms with Crippen LogP contribution in [0.3, 0.4) is 0 Å². The van der Waals surface area contributed by atoms with E-state index >= 15 is 0 Å². The summed E-state index contributed by atoms with van der Waals surface area (Å²) < 4.78 is 4.92. The van der Waals surface area contributed by atoms with Crippen molar-refractivity contribution in [3.8, 4) is 0 Å². The molecule has 0 aromatic heterocycles. The lowest BCUT2D eigenvalue weighted by molar-refractivity contribution is -0.142. The molecule has 0 unspecified atom stereocenters. The predicted molar refractivity (Wildman–Crippen MR) is 72.7 cm³/mol. The van der Waals surface area contributed by atoms with Gasteiger partial charge >= 0.3 is 0 Å². The Balaban J connectivity index is 0. The number of likely N-dealkylation sites (N-methyl/N-ethyl adjacent to an activating group) is 1. The lowest BCUT2D eigenvalue weighted by atomic mass is 10.1. The topological polar surface area (TPSA) is 75.9 Å². The molecule has 0 bridgehead atoms. The van der Waals surface area contributed by atoms with Crippen molar-refractivity contribution in [1.82, 2.24) is 9.80 Å². The molecule has 0 aromatic carbocycles. The minimum absolute atomic E-state index is 0. The van der Waals surface area contributed by atoms with Crippen LogP contribution >= 0.6 is 12.4 Å². The minimum atomic E-state index is -0.986. The van der Waals surface area contributed by atoms with Gasteiger partial charge in [-0.25, -0.2) is 0 Å². The number of ether oxygens (including phenoxy) is 1. The number of carbonyl (C=O) groups excluding carboxylic acids is 2. The molecule has 2 amide bonds. The number of carbonyl (C=O) groups is 2. The van der Waals surface area contributed by atoms with E-state index in [1.165, 1.54) is 9.80 Å². The van der Waals surface area contributed by atoms with Crippen molar-refractivity contribution in [2.24, 2.45) is 5.73 Å². The summed E-state index contributed by atoms with van der Waals surface area (Å²) in [5, 5.41) is 0. The van der Waals surface area contributed by atoms with E-state index in [2.05, 4.69) is 0 Å². The highest BCUT2D eigenvalue weighted by atomic mass is 35.5. The molecule has 0 atom stereocenters. The van der Waals surface area contributed by atoms with Crippen molar-refractivity contribution in [3.63, 3.8) is 0 Å². The zero-order valence-electron chi connectivity index (χ0n) is 11.7. The maximum absolute atomic E-state index is 12.0. The van der Waals surface area contributed by atoms with Crippen molar-refractivity contribution in [3.05, 3.63) is 0 Å². The molecule has 0 saturated heterocycles. The first-order chi connectivity index (χ1) is 7.70. The summed E-state index contributed by atoms with van der Waals surface area (Å²) in [6.45, 7) is 4.00. The number of hydrogen-bond acceptors (Lipinski definition) is 4. The zero-order valence-corrected chi connectivity index (χ0v) is 12.5. The molecule has 0 rings (SSSR count). The lowest BCUT2D eigenvalue weighted by Gasteiger charge is -2.29. The Bertz CT molecular complexity index is 277. The molecule has 0 aliphatic carbocycles. The van der Waals surface area contributed by atoms with E-state index in [1.807, 2.05) is 0 Å². The maximum atomic E-state index is 12.0. The molecule has 0 fully saturated rings. The van der Waals surface area contributed by atoms with Gasteiger partial charge in [0.1, 0.15) is 0 Å². The third kappa shape index (κ3) is 6.78. The van der Waals surface area contributed by atoms with E-state index in [0.717, 1.165) is 0 Å². The van der Waals surface area contributed by atoms with Crippen molar-refractivity contribution in [2.45, 2.75) is 19.4 Å². The Morgan fingerprint density at radius 2 is 1.78 bits per heavy atom. The molecule has 0 aliphatic heterocycles. The van der Waals surface area contributed by atoms with E-state index in [0.29, 0.717) is 13.2 Å².